The molecule has 2 saturated heterocycles. The second kappa shape index (κ2) is 7.44. The monoisotopic (exact) mass is 471 g/mol. The maximum atomic E-state index is 13.1. The molecule has 2 aliphatic heterocycles. The van der Waals surface area contributed by atoms with Gasteiger partial charge in [-0.2, -0.15) is 13.2 Å². The molecule has 3 aliphatic rings. The van der Waals surface area contributed by atoms with Gasteiger partial charge in [0.15, 0.2) is 5.58 Å². The summed E-state index contributed by atoms with van der Waals surface area (Å²) in [6, 6.07) is 3.64. The van der Waals surface area contributed by atoms with Crippen LogP contribution in [0.2, 0.25) is 0 Å². The standard InChI is InChI=1S/C21H24F3N3O4S/c22-21(23,24)20(5-6-20)10-18(28)26-11-15(12-26)32(29,30)27-8-3-14(4-9-27)16-13-31-17-2-1-7-25-19(16)17/h1-2,7,13-15H,3-6,8-12H2. The topological polar surface area (TPSA) is 83.7 Å². The Hall–Kier alpha value is -2.14. The molecule has 3 fully saturated rings. The summed E-state index contributed by atoms with van der Waals surface area (Å²) in [5.41, 5.74) is 0.587. The third kappa shape index (κ3) is 3.59. The largest absolute Gasteiger partial charge is 0.462 e. The van der Waals surface area contributed by atoms with Crippen LogP contribution in [-0.4, -0.2) is 66.1 Å². The van der Waals surface area contributed by atoms with Gasteiger partial charge in [0, 0.05) is 44.4 Å². The van der Waals surface area contributed by atoms with E-state index in [-0.39, 0.29) is 31.8 Å². The number of halogens is 3. The van der Waals surface area contributed by atoms with Crippen molar-refractivity contribution in [2.75, 3.05) is 26.2 Å². The first-order valence-corrected chi connectivity index (χ1v) is 12.3. The smallest absolute Gasteiger partial charge is 0.395 e. The number of pyridine rings is 1. The minimum atomic E-state index is -4.39. The minimum absolute atomic E-state index is 0.0335. The van der Waals surface area contributed by atoms with E-state index in [1.54, 1.807) is 18.5 Å². The molecule has 7 nitrogen and oxygen atoms in total. The van der Waals surface area contributed by atoms with E-state index in [1.165, 1.54) is 9.21 Å². The summed E-state index contributed by atoms with van der Waals surface area (Å²) in [7, 11) is -3.60. The minimum Gasteiger partial charge on any atom is -0.462 e. The third-order valence-corrected chi connectivity index (χ3v) is 9.40. The Morgan fingerprint density at radius 1 is 1.22 bits per heavy atom. The average Bonchev–Trinajstić information content (AvgIpc) is 3.37. The number of carbonyl (C=O) groups excluding carboxylic acids is 1. The molecule has 0 spiro atoms. The van der Waals surface area contributed by atoms with Crippen molar-refractivity contribution in [3.8, 4) is 0 Å². The van der Waals surface area contributed by atoms with Crippen LogP contribution < -0.4 is 0 Å². The zero-order valence-electron chi connectivity index (χ0n) is 17.3. The number of hydrogen-bond acceptors (Lipinski definition) is 5. The molecule has 1 saturated carbocycles. The number of sulfonamides is 1. The fourth-order valence-corrected chi connectivity index (χ4v) is 6.63. The summed E-state index contributed by atoms with van der Waals surface area (Å²) < 4.78 is 72.2. The van der Waals surface area contributed by atoms with Gasteiger partial charge in [0.05, 0.1) is 11.7 Å². The number of carbonyl (C=O) groups is 1. The molecule has 0 bridgehead atoms. The molecule has 32 heavy (non-hydrogen) atoms. The zero-order valence-corrected chi connectivity index (χ0v) is 18.2. The van der Waals surface area contributed by atoms with Crippen LogP contribution in [0, 0.1) is 5.41 Å². The maximum absolute atomic E-state index is 13.1. The van der Waals surface area contributed by atoms with Crippen molar-refractivity contribution in [1.82, 2.24) is 14.2 Å². The van der Waals surface area contributed by atoms with E-state index in [0.717, 1.165) is 11.1 Å². The highest BCUT2D eigenvalue weighted by Crippen LogP contribution is 2.60. The number of alkyl halides is 3. The predicted octanol–water partition coefficient (Wildman–Crippen LogP) is 3.28. The van der Waals surface area contributed by atoms with Crippen LogP contribution in [0.25, 0.3) is 11.1 Å². The molecule has 5 rings (SSSR count). The van der Waals surface area contributed by atoms with Crippen LogP contribution >= 0.6 is 0 Å². The Kier molecular flexibility index (Phi) is 5.05. The second-order valence-electron chi connectivity index (χ2n) is 9.14. The molecule has 11 heteroatoms. The lowest BCUT2D eigenvalue weighted by Gasteiger charge is -2.42. The van der Waals surface area contributed by atoms with Crippen LogP contribution in [0.5, 0.6) is 0 Å². The molecule has 1 aliphatic carbocycles. The summed E-state index contributed by atoms with van der Waals surface area (Å²) in [6.45, 7) is 0.638. The first-order chi connectivity index (χ1) is 15.1. The van der Waals surface area contributed by atoms with E-state index in [0.29, 0.717) is 31.5 Å². The molecule has 2 aromatic rings. The Labute approximate surface area is 183 Å². The van der Waals surface area contributed by atoms with Crippen molar-refractivity contribution >= 4 is 27.0 Å². The Balaban J connectivity index is 1.16. The van der Waals surface area contributed by atoms with Crippen molar-refractivity contribution in [3.63, 3.8) is 0 Å². The number of likely N-dealkylation sites (tertiary alicyclic amines) is 1. The van der Waals surface area contributed by atoms with Crippen molar-refractivity contribution in [2.45, 2.75) is 49.4 Å². The molecule has 2 aromatic heterocycles. The van der Waals surface area contributed by atoms with Gasteiger partial charge in [-0.15, -0.1) is 0 Å². The number of fused-ring (bicyclic) bond motifs is 1. The first kappa shape index (κ1) is 21.7. The number of amides is 1. The second-order valence-corrected chi connectivity index (χ2v) is 11.3. The molecule has 174 valence electrons. The van der Waals surface area contributed by atoms with Crippen LogP contribution in [0.4, 0.5) is 13.2 Å². The number of furan rings is 1. The van der Waals surface area contributed by atoms with E-state index < -0.39 is 39.2 Å². The lowest BCUT2D eigenvalue weighted by molar-refractivity contribution is -0.193. The Morgan fingerprint density at radius 3 is 2.53 bits per heavy atom. The molecule has 0 N–H and O–H groups in total. The van der Waals surface area contributed by atoms with Gasteiger partial charge in [-0.1, -0.05) is 0 Å². The van der Waals surface area contributed by atoms with Crippen molar-refractivity contribution in [2.24, 2.45) is 5.41 Å². The molecule has 4 heterocycles. The number of aromatic nitrogens is 1. The van der Waals surface area contributed by atoms with Crippen molar-refractivity contribution < 1.29 is 30.8 Å². The van der Waals surface area contributed by atoms with Crippen molar-refractivity contribution in [1.29, 1.82) is 0 Å². The molecule has 0 radical (unpaired) electrons. The normalized spacial score (nSPS) is 22.8. The maximum Gasteiger partial charge on any atom is 0.395 e. The summed E-state index contributed by atoms with van der Waals surface area (Å²) in [5.74, 6) is -0.460. The van der Waals surface area contributed by atoms with Gasteiger partial charge in [0.2, 0.25) is 15.9 Å². The predicted molar refractivity (Wildman–Crippen MR) is 109 cm³/mol. The lowest BCUT2D eigenvalue weighted by atomic mass is 9.91. The van der Waals surface area contributed by atoms with Crippen molar-refractivity contribution in [3.05, 3.63) is 30.2 Å². The number of hydrogen-bond donors (Lipinski definition) is 0. The van der Waals surface area contributed by atoms with Gasteiger partial charge in [-0.05, 0) is 43.7 Å². The molecule has 0 unspecified atom stereocenters. The number of rotatable bonds is 5. The fourth-order valence-electron chi connectivity index (χ4n) is 4.75. The summed E-state index contributed by atoms with van der Waals surface area (Å²) in [5, 5.41) is -0.750. The quantitative estimate of drug-likeness (QED) is 0.668. The highest BCUT2D eigenvalue weighted by atomic mass is 32.2. The van der Waals surface area contributed by atoms with E-state index in [4.69, 9.17) is 4.42 Å². The van der Waals surface area contributed by atoms with Crippen LogP contribution in [0.15, 0.2) is 29.0 Å². The van der Waals surface area contributed by atoms with Gasteiger partial charge in [0.1, 0.15) is 10.8 Å². The summed E-state index contributed by atoms with van der Waals surface area (Å²) in [6.07, 6.45) is -0.384. The van der Waals surface area contributed by atoms with Gasteiger partial charge < -0.3 is 9.32 Å². The Morgan fingerprint density at radius 2 is 1.91 bits per heavy atom. The van der Waals surface area contributed by atoms with Gasteiger partial charge in [-0.25, -0.2) is 12.7 Å². The summed E-state index contributed by atoms with van der Waals surface area (Å²) >= 11 is 0. The van der Waals surface area contributed by atoms with Crippen LogP contribution in [-0.2, 0) is 14.8 Å². The number of nitrogens with zero attached hydrogens (tertiary/aromatic N) is 3. The molecule has 0 aromatic carbocycles. The fraction of sp³-hybridized carbons (Fsp3) is 0.619. The highest BCUT2D eigenvalue weighted by Gasteiger charge is 2.64. The lowest BCUT2D eigenvalue weighted by Crippen LogP contribution is -2.60. The van der Waals surface area contributed by atoms with Gasteiger partial charge in [0.25, 0.3) is 0 Å². The molecular formula is C21H24F3N3O4S. The van der Waals surface area contributed by atoms with E-state index in [9.17, 15) is 26.4 Å². The van der Waals surface area contributed by atoms with E-state index >= 15 is 0 Å². The highest BCUT2D eigenvalue weighted by molar-refractivity contribution is 7.89. The molecular weight excluding hydrogens is 447 g/mol. The molecule has 0 atom stereocenters. The van der Waals surface area contributed by atoms with Gasteiger partial charge in [-0.3, -0.25) is 9.78 Å². The average molecular weight is 472 g/mol. The molecule has 1 amide bonds. The summed E-state index contributed by atoms with van der Waals surface area (Å²) in [4.78, 5) is 17.9. The van der Waals surface area contributed by atoms with E-state index in [1.807, 2.05) is 6.07 Å². The van der Waals surface area contributed by atoms with E-state index in [2.05, 4.69) is 4.98 Å². The zero-order chi connectivity index (χ0) is 22.7. The van der Waals surface area contributed by atoms with Gasteiger partial charge >= 0.3 is 6.18 Å². The SMILES string of the molecule is O=C(CC1(C(F)(F)F)CC1)N1CC(S(=O)(=O)N2CCC(c3coc4cccnc34)CC2)C1. The van der Waals surface area contributed by atoms with Crippen LogP contribution in [0.3, 0.4) is 0 Å². The Bertz CT molecular complexity index is 1130. The number of piperidine rings is 1. The third-order valence-electron chi connectivity index (χ3n) is 7.18. The first-order valence-electron chi connectivity index (χ1n) is 10.8. The van der Waals surface area contributed by atoms with Crippen LogP contribution in [0.1, 0.15) is 43.6 Å².